The highest BCUT2D eigenvalue weighted by molar-refractivity contribution is 5.95. The summed E-state index contributed by atoms with van der Waals surface area (Å²) in [6.45, 7) is 0. The van der Waals surface area contributed by atoms with Crippen molar-refractivity contribution < 1.29 is 9.18 Å². The normalized spacial score (nSPS) is 19.0. The number of amides is 1. The number of hydrogen-bond acceptors (Lipinski definition) is 2. The molecule has 2 saturated carbocycles. The van der Waals surface area contributed by atoms with Crippen molar-refractivity contribution in [3.63, 3.8) is 0 Å². The van der Waals surface area contributed by atoms with Gasteiger partial charge < -0.3 is 11.1 Å². The van der Waals surface area contributed by atoms with E-state index in [9.17, 15) is 9.18 Å². The third-order valence-electron chi connectivity index (χ3n) is 3.79. The van der Waals surface area contributed by atoms with Crippen molar-refractivity contribution in [2.45, 2.75) is 31.7 Å². The highest BCUT2D eigenvalue weighted by Gasteiger charge is 2.42. The van der Waals surface area contributed by atoms with Crippen LogP contribution in [-0.2, 0) is 0 Å². The maximum Gasteiger partial charge on any atom is 0.254 e. The van der Waals surface area contributed by atoms with Crippen LogP contribution in [0, 0.1) is 17.7 Å². The number of anilines is 1. The molecule has 0 radical (unpaired) electrons. The molecule has 3 nitrogen and oxygen atoms in total. The Morgan fingerprint density at radius 2 is 1.89 bits per heavy atom. The molecular weight excluding hydrogens is 231 g/mol. The quantitative estimate of drug-likeness (QED) is 0.803. The Hall–Kier alpha value is -1.58. The minimum atomic E-state index is -0.507. The largest absolute Gasteiger partial charge is 0.399 e. The van der Waals surface area contributed by atoms with E-state index < -0.39 is 5.82 Å². The molecule has 0 unspecified atom stereocenters. The molecule has 2 fully saturated rings. The molecule has 2 aliphatic carbocycles. The van der Waals surface area contributed by atoms with Crippen LogP contribution in [-0.4, -0.2) is 11.9 Å². The predicted molar refractivity (Wildman–Crippen MR) is 67.5 cm³/mol. The first-order valence-electron chi connectivity index (χ1n) is 6.51. The monoisotopic (exact) mass is 248 g/mol. The van der Waals surface area contributed by atoms with Gasteiger partial charge in [0.05, 0.1) is 5.56 Å². The van der Waals surface area contributed by atoms with Gasteiger partial charge in [0, 0.05) is 11.7 Å². The van der Waals surface area contributed by atoms with Crippen LogP contribution in [0.1, 0.15) is 36.0 Å². The molecule has 0 saturated heterocycles. The predicted octanol–water partition coefficient (Wildman–Crippen LogP) is 2.33. The van der Waals surface area contributed by atoms with E-state index in [2.05, 4.69) is 5.32 Å². The Balaban J connectivity index is 1.75. The number of nitrogen functional groups attached to an aromatic ring is 1. The zero-order valence-electron chi connectivity index (χ0n) is 10.2. The summed E-state index contributed by atoms with van der Waals surface area (Å²) in [5.41, 5.74) is 6.06. The number of rotatable bonds is 4. The second-order valence-corrected chi connectivity index (χ2v) is 5.41. The Kier molecular flexibility index (Phi) is 2.73. The van der Waals surface area contributed by atoms with Gasteiger partial charge >= 0.3 is 0 Å². The van der Waals surface area contributed by atoms with E-state index in [-0.39, 0.29) is 17.5 Å². The molecule has 2 aliphatic rings. The van der Waals surface area contributed by atoms with Gasteiger partial charge in [-0.05, 0) is 55.7 Å². The van der Waals surface area contributed by atoms with Crippen LogP contribution in [0.4, 0.5) is 10.1 Å². The summed E-state index contributed by atoms with van der Waals surface area (Å²) < 4.78 is 13.6. The van der Waals surface area contributed by atoms with Crippen LogP contribution in [0.5, 0.6) is 0 Å². The average Bonchev–Trinajstić information content (AvgIpc) is 3.21. The third-order valence-corrected chi connectivity index (χ3v) is 3.79. The molecule has 4 heteroatoms. The number of hydrogen-bond donors (Lipinski definition) is 2. The molecular formula is C14H17FN2O. The minimum absolute atomic E-state index is 0.0568. The molecule has 96 valence electrons. The zero-order valence-corrected chi connectivity index (χ0v) is 10.2. The summed E-state index contributed by atoms with van der Waals surface area (Å²) in [6.07, 6.45) is 4.73. The average molecular weight is 248 g/mol. The lowest BCUT2D eigenvalue weighted by Crippen LogP contribution is -2.38. The maximum atomic E-state index is 13.6. The SMILES string of the molecule is Nc1ccc(F)c(C(=O)NC(C2CC2)C2CC2)c1. The molecule has 1 aromatic carbocycles. The Bertz CT molecular complexity index is 469. The fourth-order valence-electron chi connectivity index (χ4n) is 2.48. The molecule has 0 spiro atoms. The van der Waals surface area contributed by atoms with E-state index in [0.717, 1.165) is 0 Å². The van der Waals surface area contributed by atoms with Gasteiger partial charge in [0.2, 0.25) is 0 Å². The number of nitrogens with one attached hydrogen (secondary N) is 1. The minimum Gasteiger partial charge on any atom is -0.399 e. The van der Waals surface area contributed by atoms with Crippen molar-refractivity contribution in [3.05, 3.63) is 29.6 Å². The summed E-state index contributed by atoms with van der Waals surface area (Å²) in [4.78, 5) is 12.1. The van der Waals surface area contributed by atoms with E-state index >= 15 is 0 Å². The van der Waals surface area contributed by atoms with Crippen molar-refractivity contribution >= 4 is 11.6 Å². The summed E-state index contributed by atoms with van der Waals surface area (Å²) in [5, 5.41) is 2.99. The van der Waals surface area contributed by atoms with Gasteiger partial charge in [-0.2, -0.15) is 0 Å². The fraction of sp³-hybridized carbons (Fsp3) is 0.500. The van der Waals surface area contributed by atoms with Gasteiger partial charge in [0.1, 0.15) is 5.82 Å². The lowest BCUT2D eigenvalue weighted by molar-refractivity contribution is 0.0922. The van der Waals surface area contributed by atoms with Gasteiger partial charge in [-0.15, -0.1) is 0 Å². The first-order valence-corrected chi connectivity index (χ1v) is 6.51. The Labute approximate surface area is 106 Å². The second kappa shape index (κ2) is 4.26. The van der Waals surface area contributed by atoms with E-state index in [1.807, 2.05) is 0 Å². The molecule has 3 rings (SSSR count). The van der Waals surface area contributed by atoms with Gasteiger partial charge in [-0.1, -0.05) is 0 Å². The smallest absolute Gasteiger partial charge is 0.254 e. The summed E-state index contributed by atoms with van der Waals surface area (Å²) >= 11 is 0. The maximum absolute atomic E-state index is 13.6. The molecule has 0 aliphatic heterocycles. The fourth-order valence-corrected chi connectivity index (χ4v) is 2.48. The highest BCUT2D eigenvalue weighted by atomic mass is 19.1. The van der Waals surface area contributed by atoms with Gasteiger partial charge in [0.25, 0.3) is 5.91 Å². The Morgan fingerprint density at radius 1 is 1.28 bits per heavy atom. The van der Waals surface area contributed by atoms with Crippen molar-refractivity contribution in [2.24, 2.45) is 11.8 Å². The number of carbonyl (C=O) groups is 1. The standard InChI is InChI=1S/C14H17FN2O/c15-12-6-5-10(16)7-11(12)14(18)17-13(8-1-2-8)9-3-4-9/h5-9,13H,1-4,16H2,(H,17,18). The van der Waals surface area contributed by atoms with Gasteiger partial charge in [-0.25, -0.2) is 4.39 Å². The van der Waals surface area contributed by atoms with Crippen molar-refractivity contribution in [1.29, 1.82) is 0 Å². The van der Waals surface area contributed by atoms with Gasteiger partial charge in [0.15, 0.2) is 0 Å². The lowest BCUT2D eigenvalue weighted by Gasteiger charge is -2.18. The lowest BCUT2D eigenvalue weighted by atomic mass is 10.1. The summed E-state index contributed by atoms with van der Waals surface area (Å²) in [5.74, 6) is 0.367. The number of benzene rings is 1. The molecule has 18 heavy (non-hydrogen) atoms. The zero-order chi connectivity index (χ0) is 12.7. The van der Waals surface area contributed by atoms with Crippen molar-refractivity contribution in [3.8, 4) is 0 Å². The molecule has 1 aromatic rings. The first kappa shape index (κ1) is 11.5. The topological polar surface area (TPSA) is 55.1 Å². The van der Waals surface area contributed by atoms with E-state index in [1.54, 1.807) is 0 Å². The van der Waals surface area contributed by atoms with Crippen LogP contribution in [0.2, 0.25) is 0 Å². The van der Waals surface area contributed by atoms with E-state index in [1.165, 1.54) is 43.9 Å². The number of halogens is 1. The number of carbonyl (C=O) groups excluding carboxylic acids is 1. The molecule has 0 atom stereocenters. The third kappa shape index (κ3) is 2.33. The van der Waals surface area contributed by atoms with E-state index in [4.69, 9.17) is 5.73 Å². The van der Waals surface area contributed by atoms with Crippen molar-refractivity contribution in [2.75, 3.05) is 5.73 Å². The molecule has 3 N–H and O–H groups in total. The molecule has 1 amide bonds. The first-order chi connectivity index (χ1) is 8.65. The number of nitrogens with two attached hydrogens (primary N) is 1. The molecule has 0 heterocycles. The summed E-state index contributed by atoms with van der Waals surface area (Å²) in [7, 11) is 0. The van der Waals surface area contributed by atoms with Crippen LogP contribution < -0.4 is 11.1 Å². The van der Waals surface area contributed by atoms with E-state index in [0.29, 0.717) is 17.5 Å². The molecule has 0 bridgehead atoms. The van der Waals surface area contributed by atoms with Crippen LogP contribution in [0.25, 0.3) is 0 Å². The van der Waals surface area contributed by atoms with Gasteiger partial charge in [-0.3, -0.25) is 4.79 Å². The van der Waals surface area contributed by atoms with Crippen LogP contribution >= 0.6 is 0 Å². The Morgan fingerprint density at radius 3 is 2.44 bits per heavy atom. The highest BCUT2D eigenvalue weighted by Crippen LogP contribution is 2.44. The summed E-state index contributed by atoms with van der Waals surface area (Å²) in [6, 6.07) is 4.35. The van der Waals surface area contributed by atoms with Crippen LogP contribution in [0.3, 0.4) is 0 Å². The van der Waals surface area contributed by atoms with Crippen LogP contribution in [0.15, 0.2) is 18.2 Å². The second-order valence-electron chi connectivity index (χ2n) is 5.41. The molecule has 0 aromatic heterocycles. The van der Waals surface area contributed by atoms with Crippen molar-refractivity contribution in [1.82, 2.24) is 5.32 Å².